The number of H-pyrrole nitrogens is 1. The summed E-state index contributed by atoms with van der Waals surface area (Å²) in [6, 6.07) is 0.217. The van der Waals surface area contributed by atoms with E-state index in [2.05, 4.69) is 15.3 Å². The Morgan fingerprint density at radius 2 is 2.21 bits per heavy atom. The number of fused-ring (bicyclic) bond motifs is 1. The Morgan fingerprint density at radius 1 is 1.45 bits per heavy atom. The minimum Gasteiger partial charge on any atom is -0.480 e. The lowest BCUT2D eigenvalue weighted by Gasteiger charge is -2.19. The normalized spacial score (nSPS) is 17.6. The molecule has 0 saturated carbocycles. The summed E-state index contributed by atoms with van der Waals surface area (Å²) in [7, 11) is 0. The molecule has 10 nitrogen and oxygen atoms in total. The molecule has 0 spiro atoms. The minimum absolute atomic E-state index is 0.0846. The predicted octanol–water partition coefficient (Wildman–Crippen LogP) is 0.121. The van der Waals surface area contributed by atoms with Crippen molar-refractivity contribution in [2.45, 2.75) is 31.3 Å². The summed E-state index contributed by atoms with van der Waals surface area (Å²) in [4.78, 5) is 42.5. The Kier molecular flexibility index (Phi) is 6.09. The van der Waals surface area contributed by atoms with Crippen LogP contribution in [-0.4, -0.2) is 63.8 Å². The lowest BCUT2D eigenvalue weighted by molar-refractivity contribution is -0.138. The van der Waals surface area contributed by atoms with E-state index in [0.717, 1.165) is 18.7 Å². The zero-order valence-corrected chi connectivity index (χ0v) is 15.5. The Labute approximate surface area is 164 Å². The number of nitrogens with two attached hydrogens (primary N) is 1. The van der Waals surface area contributed by atoms with E-state index in [0.29, 0.717) is 32.5 Å². The molecule has 2 unspecified atom stereocenters. The molecule has 29 heavy (non-hydrogen) atoms. The number of aromatic carboxylic acids is 1. The Bertz CT molecular complexity index is 995. The smallest absolute Gasteiger partial charge is 0.341 e. The van der Waals surface area contributed by atoms with Crippen molar-refractivity contribution in [3.05, 3.63) is 33.9 Å². The summed E-state index contributed by atoms with van der Waals surface area (Å²) in [5.41, 5.74) is 4.32. The Hall–Kier alpha value is -3.05. The second-order valence-corrected chi connectivity index (χ2v) is 7.00. The largest absolute Gasteiger partial charge is 0.480 e. The second-order valence-electron chi connectivity index (χ2n) is 7.00. The number of hydrogen-bond donors (Lipinski definition) is 5. The SMILES string of the molecule is NC(CCCNC1CCN(c2nc3[nH]cc(C(=O)O)c(=O)c3cc2F)C1)C(=O)O. The van der Waals surface area contributed by atoms with Gasteiger partial charge >= 0.3 is 11.9 Å². The van der Waals surface area contributed by atoms with E-state index in [1.54, 1.807) is 4.90 Å². The second kappa shape index (κ2) is 8.53. The molecule has 1 aliphatic rings. The van der Waals surface area contributed by atoms with Gasteiger partial charge in [-0.15, -0.1) is 0 Å². The number of carboxylic acid groups (broad SMARTS) is 2. The number of aromatic amines is 1. The fraction of sp³-hybridized carbons (Fsp3) is 0.444. The van der Waals surface area contributed by atoms with Gasteiger partial charge in [-0.05, 0) is 31.9 Å². The van der Waals surface area contributed by atoms with Crippen LogP contribution in [0.4, 0.5) is 10.2 Å². The summed E-state index contributed by atoms with van der Waals surface area (Å²) in [6.45, 7) is 1.65. The molecule has 1 fully saturated rings. The van der Waals surface area contributed by atoms with Gasteiger partial charge in [0, 0.05) is 25.3 Å². The average molecular weight is 407 g/mol. The van der Waals surface area contributed by atoms with Gasteiger partial charge in [0.15, 0.2) is 11.6 Å². The molecular formula is C18H22FN5O5. The van der Waals surface area contributed by atoms with Gasteiger partial charge in [-0.2, -0.15) is 0 Å². The van der Waals surface area contributed by atoms with Crippen LogP contribution in [0.2, 0.25) is 0 Å². The highest BCUT2D eigenvalue weighted by molar-refractivity contribution is 5.91. The fourth-order valence-corrected chi connectivity index (χ4v) is 3.36. The van der Waals surface area contributed by atoms with Gasteiger partial charge in [0.25, 0.3) is 0 Å². The zero-order valence-electron chi connectivity index (χ0n) is 15.5. The van der Waals surface area contributed by atoms with Crippen LogP contribution in [0.25, 0.3) is 11.0 Å². The number of pyridine rings is 2. The quantitative estimate of drug-likeness (QED) is 0.383. The molecule has 1 saturated heterocycles. The number of carbonyl (C=O) groups is 2. The average Bonchev–Trinajstić information content (AvgIpc) is 3.13. The van der Waals surface area contributed by atoms with Crippen molar-refractivity contribution < 1.29 is 24.2 Å². The molecule has 2 aromatic heterocycles. The van der Waals surface area contributed by atoms with Gasteiger partial charge in [-0.25, -0.2) is 14.2 Å². The third kappa shape index (κ3) is 4.51. The van der Waals surface area contributed by atoms with Crippen LogP contribution in [0, 0.1) is 5.82 Å². The van der Waals surface area contributed by atoms with Crippen LogP contribution in [0.5, 0.6) is 0 Å². The lowest BCUT2D eigenvalue weighted by Crippen LogP contribution is -2.35. The number of carboxylic acids is 2. The number of anilines is 1. The van der Waals surface area contributed by atoms with Crippen LogP contribution in [0.1, 0.15) is 29.6 Å². The van der Waals surface area contributed by atoms with Gasteiger partial charge in [-0.3, -0.25) is 9.59 Å². The van der Waals surface area contributed by atoms with Gasteiger partial charge < -0.3 is 31.1 Å². The van der Waals surface area contributed by atoms with Gasteiger partial charge in [0.2, 0.25) is 5.43 Å². The maximum atomic E-state index is 14.6. The number of aliphatic carboxylic acids is 1. The maximum Gasteiger partial charge on any atom is 0.341 e. The number of hydrogen-bond acceptors (Lipinski definition) is 7. The summed E-state index contributed by atoms with van der Waals surface area (Å²) >= 11 is 0. The van der Waals surface area contributed by atoms with Crippen molar-refractivity contribution in [2.75, 3.05) is 24.5 Å². The number of rotatable bonds is 8. The van der Waals surface area contributed by atoms with E-state index < -0.39 is 34.8 Å². The number of nitrogens with one attached hydrogen (secondary N) is 2. The molecule has 2 aromatic rings. The highest BCUT2D eigenvalue weighted by Crippen LogP contribution is 2.24. The molecule has 0 bridgehead atoms. The first-order valence-corrected chi connectivity index (χ1v) is 9.20. The van der Waals surface area contributed by atoms with Crippen LogP contribution in [0.3, 0.4) is 0 Å². The van der Waals surface area contributed by atoms with E-state index in [1.807, 2.05) is 0 Å². The number of aromatic nitrogens is 2. The summed E-state index contributed by atoms with van der Waals surface area (Å²) < 4.78 is 14.6. The Balaban J connectivity index is 1.66. The summed E-state index contributed by atoms with van der Waals surface area (Å²) in [5, 5.41) is 21.0. The maximum absolute atomic E-state index is 14.6. The first-order valence-electron chi connectivity index (χ1n) is 9.20. The van der Waals surface area contributed by atoms with Crippen LogP contribution in [0.15, 0.2) is 17.1 Å². The molecule has 2 atom stereocenters. The molecule has 3 heterocycles. The van der Waals surface area contributed by atoms with E-state index in [9.17, 15) is 18.8 Å². The standard InChI is InChI=1S/C18H22FN5O5/c19-12-6-10-14(25)11(17(26)27)7-22-15(10)23-16(12)24-5-3-9(8-24)21-4-1-2-13(20)18(28)29/h6-7,9,13,21H,1-5,8,20H2,(H,26,27)(H,28,29)(H,22,23,25). The van der Waals surface area contributed by atoms with Crippen molar-refractivity contribution >= 4 is 28.8 Å². The molecule has 0 aromatic carbocycles. The van der Waals surface area contributed by atoms with Crippen molar-refractivity contribution in [1.29, 1.82) is 0 Å². The van der Waals surface area contributed by atoms with Crippen molar-refractivity contribution in [2.24, 2.45) is 5.73 Å². The predicted molar refractivity (Wildman–Crippen MR) is 103 cm³/mol. The third-order valence-electron chi connectivity index (χ3n) is 4.96. The molecular weight excluding hydrogens is 385 g/mol. The van der Waals surface area contributed by atoms with Crippen molar-refractivity contribution in [1.82, 2.24) is 15.3 Å². The topological polar surface area (TPSA) is 162 Å². The van der Waals surface area contributed by atoms with Crippen LogP contribution >= 0.6 is 0 Å². The van der Waals surface area contributed by atoms with Gasteiger partial charge in [0.1, 0.15) is 17.3 Å². The summed E-state index contributed by atoms with van der Waals surface area (Å²) in [5.74, 6) is -3.02. The van der Waals surface area contributed by atoms with E-state index >= 15 is 0 Å². The van der Waals surface area contributed by atoms with E-state index in [1.165, 1.54) is 0 Å². The molecule has 6 N–H and O–H groups in total. The van der Waals surface area contributed by atoms with Crippen LogP contribution in [-0.2, 0) is 4.79 Å². The first kappa shape index (κ1) is 20.7. The van der Waals surface area contributed by atoms with E-state index in [4.69, 9.17) is 15.9 Å². The highest BCUT2D eigenvalue weighted by atomic mass is 19.1. The molecule has 0 aliphatic carbocycles. The molecule has 3 rings (SSSR count). The van der Waals surface area contributed by atoms with Crippen LogP contribution < -0.4 is 21.4 Å². The van der Waals surface area contributed by atoms with Crippen molar-refractivity contribution in [3.63, 3.8) is 0 Å². The highest BCUT2D eigenvalue weighted by Gasteiger charge is 2.26. The number of nitrogens with zero attached hydrogens (tertiary/aromatic N) is 2. The fourth-order valence-electron chi connectivity index (χ4n) is 3.36. The molecule has 0 amide bonds. The Morgan fingerprint density at radius 3 is 2.90 bits per heavy atom. The minimum atomic E-state index is -1.39. The third-order valence-corrected chi connectivity index (χ3v) is 4.96. The zero-order chi connectivity index (χ0) is 21.1. The number of halogens is 1. The summed E-state index contributed by atoms with van der Waals surface area (Å²) in [6.07, 6.45) is 2.78. The van der Waals surface area contributed by atoms with Crippen molar-refractivity contribution in [3.8, 4) is 0 Å². The lowest BCUT2D eigenvalue weighted by atomic mass is 10.1. The molecule has 1 aliphatic heterocycles. The van der Waals surface area contributed by atoms with E-state index in [-0.39, 0.29) is 22.9 Å². The molecule has 0 radical (unpaired) electrons. The van der Waals surface area contributed by atoms with Gasteiger partial charge in [0.05, 0.1) is 5.39 Å². The van der Waals surface area contributed by atoms with Gasteiger partial charge in [-0.1, -0.05) is 0 Å². The molecule has 156 valence electrons. The molecule has 11 heteroatoms. The monoisotopic (exact) mass is 407 g/mol. The first-order chi connectivity index (χ1) is 13.8.